The molecule has 2 rings (SSSR count). The van der Waals surface area contributed by atoms with Gasteiger partial charge in [0.1, 0.15) is 5.75 Å². The Morgan fingerprint density at radius 1 is 1.28 bits per heavy atom. The molecule has 1 aromatic heterocycles. The first kappa shape index (κ1) is 12.6. The summed E-state index contributed by atoms with van der Waals surface area (Å²) in [5.41, 5.74) is 2.28. The highest BCUT2D eigenvalue weighted by Gasteiger charge is 2.09. The molecule has 0 aliphatic rings. The Kier molecular flexibility index (Phi) is 3.62. The molecule has 4 nitrogen and oxygen atoms in total. The van der Waals surface area contributed by atoms with Crippen LogP contribution in [0.25, 0.3) is 0 Å². The number of H-pyrrole nitrogens is 2. The van der Waals surface area contributed by atoms with Crippen molar-refractivity contribution in [2.45, 2.75) is 13.3 Å². The van der Waals surface area contributed by atoms with Crippen LogP contribution in [-0.2, 0) is 6.42 Å². The van der Waals surface area contributed by atoms with Crippen LogP contribution in [-0.4, -0.2) is 17.1 Å². The van der Waals surface area contributed by atoms with Gasteiger partial charge in [-0.2, -0.15) is 0 Å². The van der Waals surface area contributed by atoms with Gasteiger partial charge in [-0.05, 0) is 30.8 Å². The largest absolute Gasteiger partial charge is 0.496 e. The summed E-state index contributed by atoms with van der Waals surface area (Å²) < 4.78 is 5.63. The van der Waals surface area contributed by atoms with Crippen LogP contribution in [0.5, 0.6) is 5.75 Å². The van der Waals surface area contributed by atoms with E-state index in [1.165, 1.54) is 0 Å². The first-order chi connectivity index (χ1) is 8.61. The maximum atomic E-state index is 11.9. The molecule has 0 amide bonds. The van der Waals surface area contributed by atoms with Crippen LogP contribution in [0.2, 0.25) is 0 Å². The highest BCUT2D eigenvalue weighted by atomic mass is 32.1. The average molecular weight is 262 g/mol. The highest BCUT2D eigenvalue weighted by molar-refractivity contribution is 7.71. The van der Waals surface area contributed by atoms with Crippen molar-refractivity contribution in [1.29, 1.82) is 0 Å². The molecule has 18 heavy (non-hydrogen) atoms. The molecular formula is C13H14N2O2S. The number of hydrogen-bond acceptors (Lipinski definition) is 3. The van der Waals surface area contributed by atoms with Gasteiger partial charge in [0, 0.05) is 17.7 Å². The van der Waals surface area contributed by atoms with Crippen LogP contribution in [0.3, 0.4) is 0 Å². The Bertz CT molecular complexity index is 673. The molecule has 1 heterocycles. The van der Waals surface area contributed by atoms with Gasteiger partial charge in [0.2, 0.25) is 0 Å². The smallest absolute Gasteiger partial charge is 0.255 e. The van der Waals surface area contributed by atoms with Crippen molar-refractivity contribution >= 4 is 12.2 Å². The number of para-hydroxylation sites is 1. The Morgan fingerprint density at radius 2 is 2.00 bits per heavy atom. The van der Waals surface area contributed by atoms with Crippen molar-refractivity contribution in [2.24, 2.45) is 0 Å². The maximum Gasteiger partial charge on any atom is 0.255 e. The van der Waals surface area contributed by atoms with Gasteiger partial charge in [0.25, 0.3) is 5.56 Å². The lowest BCUT2D eigenvalue weighted by molar-refractivity contribution is 0.410. The normalized spacial score (nSPS) is 10.3. The highest BCUT2D eigenvalue weighted by Crippen LogP contribution is 2.20. The summed E-state index contributed by atoms with van der Waals surface area (Å²) >= 11 is 4.92. The molecule has 2 aromatic rings. The van der Waals surface area contributed by atoms with E-state index >= 15 is 0 Å². The number of aromatic amines is 2. The van der Waals surface area contributed by atoms with Crippen LogP contribution in [0.4, 0.5) is 0 Å². The molecule has 0 atom stereocenters. The molecule has 2 N–H and O–H groups in total. The van der Waals surface area contributed by atoms with E-state index < -0.39 is 0 Å². The number of aryl methyl sites for hydroxylation is 1. The third-order valence-corrected chi connectivity index (χ3v) is 3.02. The number of nitrogens with one attached hydrogen (secondary N) is 2. The van der Waals surface area contributed by atoms with Crippen molar-refractivity contribution in [3.63, 3.8) is 0 Å². The summed E-state index contributed by atoms with van der Waals surface area (Å²) in [5, 5.41) is 0. The van der Waals surface area contributed by atoms with E-state index in [2.05, 4.69) is 9.97 Å². The zero-order chi connectivity index (χ0) is 13.1. The van der Waals surface area contributed by atoms with E-state index in [-0.39, 0.29) is 5.56 Å². The fraction of sp³-hybridized carbons (Fsp3) is 0.231. The zero-order valence-electron chi connectivity index (χ0n) is 10.2. The SMILES string of the molecule is COc1ccccc1Cc1c(C)[nH]c(=S)[nH]c1=O. The summed E-state index contributed by atoms with van der Waals surface area (Å²) in [4.78, 5) is 17.4. The molecule has 0 saturated heterocycles. The van der Waals surface area contributed by atoms with E-state index in [1.807, 2.05) is 31.2 Å². The van der Waals surface area contributed by atoms with Crippen molar-refractivity contribution in [3.8, 4) is 5.75 Å². The van der Waals surface area contributed by atoms with E-state index in [1.54, 1.807) is 7.11 Å². The lowest BCUT2D eigenvalue weighted by atomic mass is 10.0. The fourth-order valence-corrected chi connectivity index (χ4v) is 2.12. The number of methoxy groups -OCH3 is 1. The first-order valence-corrected chi connectivity index (χ1v) is 5.96. The first-order valence-electron chi connectivity index (χ1n) is 5.56. The van der Waals surface area contributed by atoms with Crippen LogP contribution in [0.1, 0.15) is 16.8 Å². The standard InChI is InChI=1S/C13H14N2O2S/c1-8-10(12(16)15-13(18)14-8)7-9-5-3-4-6-11(9)17-2/h3-6H,7H2,1-2H3,(H2,14,15,16,18). The Labute approximate surface area is 110 Å². The minimum absolute atomic E-state index is 0.151. The maximum absolute atomic E-state index is 11.9. The third kappa shape index (κ3) is 2.51. The van der Waals surface area contributed by atoms with E-state index in [4.69, 9.17) is 17.0 Å². The second-order valence-corrected chi connectivity index (χ2v) is 4.41. The predicted octanol–water partition coefficient (Wildman–Crippen LogP) is 2.34. The second-order valence-electron chi connectivity index (χ2n) is 4.00. The summed E-state index contributed by atoms with van der Waals surface area (Å²) in [5.74, 6) is 0.777. The zero-order valence-corrected chi connectivity index (χ0v) is 11.1. The van der Waals surface area contributed by atoms with E-state index in [0.717, 1.165) is 17.0 Å². The van der Waals surface area contributed by atoms with Crippen molar-refractivity contribution < 1.29 is 4.74 Å². The molecule has 0 aliphatic carbocycles. The second kappa shape index (κ2) is 5.18. The lowest BCUT2D eigenvalue weighted by Crippen LogP contribution is -2.17. The number of aromatic nitrogens is 2. The monoisotopic (exact) mass is 262 g/mol. The molecule has 0 radical (unpaired) electrons. The van der Waals surface area contributed by atoms with Crippen molar-refractivity contribution in [2.75, 3.05) is 7.11 Å². The average Bonchev–Trinajstić information content (AvgIpc) is 2.34. The predicted molar refractivity (Wildman–Crippen MR) is 72.8 cm³/mol. The summed E-state index contributed by atoms with van der Waals surface area (Å²) in [6.07, 6.45) is 0.511. The van der Waals surface area contributed by atoms with Gasteiger partial charge in [-0.25, -0.2) is 0 Å². The molecule has 1 aromatic carbocycles. The third-order valence-electron chi connectivity index (χ3n) is 2.81. The van der Waals surface area contributed by atoms with Gasteiger partial charge in [-0.1, -0.05) is 18.2 Å². The fourth-order valence-electron chi connectivity index (χ4n) is 1.88. The molecule has 0 fully saturated rings. The summed E-state index contributed by atoms with van der Waals surface area (Å²) in [6.45, 7) is 1.84. The van der Waals surface area contributed by atoms with Crippen LogP contribution < -0.4 is 10.3 Å². The van der Waals surface area contributed by atoms with Crippen LogP contribution in [0.15, 0.2) is 29.1 Å². The molecule has 0 saturated carbocycles. The van der Waals surface area contributed by atoms with Crippen molar-refractivity contribution in [1.82, 2.24) is 9.97 Å². The van der Waals surface area contributed by atoms with Crippen molar-refractivity contribution in [3.05, 3.63) is 56.2 Å². The van der Waals surface area contributed by atoms with E-state index in [9.17, 15) is 4.79 Å². The molecular weight excluding hydrogens is 248 g/mol. The molecule has 0 aliphatic heterocycles. The number of ether oxygens (including phenoxy) is 1. The van der Waals surface area contributed by atoms with Crippen LogP contribution >= 0.6 is 12.2 Å². The number of benzene rings is 1. The molecule has 0 spiro atoms. The Balaban J connectivity index is 2.47. The van der Waals surface area contributed by atoms with Gasteiger partial charge >= 0.3 is 0 Å². The van der Waals surface area contributed by atoms with Gasteiger partial charge in [0.05, 0.1) is 7.11 Å². The minimum Gasteiger partial charge on any atom is -0.496 e. The van der Waals surface area contributed by atoms with Gasteiger partial charge in [0.15, 0.2) is 4.77 Å². The number of hydrogen-bond donors (Lipinski definition) is 2. The summed E-state index contributed by atoms with van der Waals surface area (Å²) in [6, 6.07) is 7.65. The molecule has 5 heteroatoms. The van der Waals surface area contributed by atoms with Gasteiger partial charge < -0.3 is 9.72 Å². The lowest BCUT2D eigenvalue weighted by Gasteiger charge is -2.09. The quantitative estimate of drug-likeness (QED) is 0.835. The Hall–Kier alpha value is -1.88. The van der Waals surface area contributed by atoms with Crippen LogP contribution in [0, 0.1) is 11.7 Å². The molecule has 94 valence electrons. The summed E-state index contributed by atoms with van der Waals surface area (Å²) in [7, 11) is 1.62. The van der Waals surface area contributed by atoms with Gasteiger partial charge in [-0.15, -0.1) is 0 Å². The Morgan fingerprint density at radius 3 is 2.67 bits per heavy atom. The minimum atomic E-state index is -0.151. The van der Waals surface area contributed by atoms with E-state index in [0.29, 0.717) is 16.8 Å². The molecule has 0 bridgehead atoms. The number of rotatable bonds is 3. The van der Waals surface area contributed by atoms with Gasteiger partial charge in [-0.3, -0.25) is 9.78 Å². The topological polar surface area (TPSA) is 57.9 Å². The molecule has 0 unspecified atom stereocenters.